The highest BCUT2D eigenvalue weighted by atomic mass is 28.4. The lowest BCUT2D eigenvalue weighted by Gasteiger charge is -2.46. The van der Waals surface area contributed by atoms with Gasteiger partial charge in [-0.05, 0) is 115 Å². The largest absolute Gasteiger partial charge is 0.413 e. The van der Waals surface area contributed by atoms with Crippen LogP contribution in [-0.2, 0) is 8.85 Å². The van der Waals surface area contributed by atoms with E-state index in [4.69, 9.17) is 15.4 Å². The predicted molar refractivity (Wildman–Crippen MR) is 195 cm³/mol. The first kappa shape index (κ1) is 37.0. The second-order valence-electron chi connectivity index (χ2n) is 18.7. The van der Waals surface area contributed by atoms with Gasteiger partial charge >= 0.3 is 0 Å². The van der Waals surface area contributed by atoms with E-state index >= 15 is 0 Å². The van der Waals surface area contributed by atoms with Crippen molar-refractivity contribution in [1.29, 1.82) is 0 Å². The quantitative estimate of drug-likeness (QED) is 0.224. The number of allylic oxidation sites excluding steroid dienone is 3. The summed E-state index contributed by atoms with van der Waals surface area (Å²) >= 11 is 0. The molecule has 3 aliphatic rings. The molecule has 3 saturated carbocycles. The molecule has 0 aliphatic heterocycles. The molecule has 0 N–H and O–H groups in total. The van der Waals surface area contributed by atoms with E-state index in [0.29, 0.717) is 5.41 Å². The fourth-order valence-corrected chi connectivity index (χ4v) is 10.7. The molecule has 0 aromatic carbocycles. The molecule has 4 heteroatoms. The van der Waals surface area contributed by atoms with Crippen molar-refractivity contribution in [1.82, 2.24) is 0 Å². The first-order chi connectivity index (χ1) is 19.6. The molecular weight excluding hydrogens is 557 g/mol. The first-order valence-corrected chi connectivity index (χ1v) is 23.8. The van der Waals surface area contributed by atoms with Gasteiger partial charge in [0.2, 0.25) is 0 Å². The van der Waals surface area contributed by atoms with Gasteiger partial charge in [-0.3, -0.25) is 0 Å². The molecule has 6 atom stereocenters. The summed E-state index contributed by atoms with van der Waals surface area (Å²) in [5, 5.41) is 0.366. The summed E-state index contributed by atoms with van der Waals surface area (Å²) in [6.07, 6.45) is 18.1. The van der Waals surface area contributed by atoms with Crippen molar-refractivity contribution in [3.05, 3.63) is 35.5 Å². The van der Waals surface area contributed by atoms with Crippen molar-refractivity contribution in [2.24, 2.45) is 29.1 Å². The molecule has 43 heavy (non-hydrogen) atoms. The number of rotatable bonds is 10. The summed E-state index contributed by atoms with van der Waals surface area (Å²) in [5.41, 5.74) is 4.75. The van der Waals surface area contributed by atoms with Crippen LogP contribution in [-0.4, -0.2) is 28.8 Å². The second-order valence-corrected chi connectivity index (χ2v) is 28.2. The van der Waals surface area contributed by atoms with E-state index in [9.17, 15) is 0 Å². The lowest BCUT2D eigenvalue weighted by molar-refractivity contribution is 0.0927. The van der Waals surface area contributed by atoms with E-state index in [1.807, 2.05) is 0 Å². The Bertz CT molecular complexity index is 1020. The summed E-state index contributed by atoms with van der Waals surface area (Å²) in [7, 11) is -3.86. The molecule has 0 heterocycles. The van der Waals surface area contributed by atoms with Gasteiger partial charge in [0.05, 0.1) is 12.2 Å². The Hall–Kier alpha value is -0.426. The third-order valence-corrected chi connectivity index (χ3v) is 21.9. The van der Waals surface area contributed by atoms with Crippen molar-refractivity contribution in [2.75, 3.05) is 0 Å². The summed E-state index contributed by atoms with van der Waals surface area (Å²) < 4.78 is 14.2. The van der Waals surface area contributed by atoms with Gasteiger partial charge < -0.3 is 8.85 Å². The van der Waals surface area contributed by atoms with Crippen LogP contribution in [0.1, 0.15) is 133 Å². The van der Waals surface area contributed by atoms with E-state index in [2.05, 4.69) is 108 Å². The summed E-state index contributed by atoms with van der Waals surface area (Å²) in [5.74, 6) is 3.28. The minimum atomic E-state index is -1.95. The molecule has 0 aromatic heterocycles. The Balaban J connectivity index is 1.87. The van der Waals surface area contributed by atoms with Crippen LogP contribution in [0.5, 0.6) is 0 Å². The molecule has 0 spiro atoms. The average molecular weight is 629 g/mol. The van der Waals surface area contributed by atoms with Crippen LogP contribution in [0.15, 0.2) is 35.5 Å². The van der Waals surface area contributed by atoms with Crippen molar-refractivity contribution in [3.63, 3.8) is 0 Å². The maximum absolute atomic E-state index is 7.09. The van der Waals surface area contributed by atoms with Gasteiger partial charge in [0.15, 0.2) is 16.6 Å². The zero-order chi connectivity index (χ0) is 32.6. The predicted octanol–water partition coefficient (Wildman–Crippen LogP) is 12.6. The van der Waals surface area contributed by atoms with Crippen molar-refractivity contribution in [3.8, 4) is 0 Å². The van der Waals surface area contributed by atoms with Crippen molar-refractivity contribution in [2.45, 2.75) is 182 Å². The Morgan fingerprint density at radius 3 is 2.09 bits per heavy atom. The maximum atomic E-state index is 7.09. The molecule has 3 aliphatic carbocycles. The summed E-state index contributed by atoms with van der Waals surface area (Å²) in [6.45, 7) is 38.3. The lowest BCUT2D eigenvalue weighted by Crippen LogP contribution is -2.49. The third kappa shape index (κ3) is 8.69. The fourth-order valence-electron chi connectivity index (χ4n) is 8.03. The molecule has 2 nitrogen and oxygen atoms in total. The van der Waals surface area contributed by atoms with Crippen LogP contribution >= 0.6 is 0 Å². The molecule has 0 saturated heterocycles. The molecule has 3 fully saturated rings. The molecule has 0 bridgehead atoms. The van der Waals surface area contributed by atoms with E-state index < -0.39 is 16.6 Å². The van der Waals surface area contributed by atoms with Crippen molar-refractivity contribution >= 4 is 16.6 Å². The van der Waals surface area contributed by atoms with Gasteiger partial charge in [-0.15, -0.1) is 0 Å². The Labute approximate surface area is 271 Å². The Morgan fingerprint density at radius 1 is 0.907 bits per heavy atom. The summed E-state index contributed by atoms with van der Waals surface area (Å²) in [4.78, 5) is 0. The van der Waals surface area contributed by atoms with E-state index in [1.54, 1.807) is 5.57 Å². The number of hydrogen-bond donors (Lipinski definition) is 0. The molecule has 248 valence electrons. The highest BCUT2D eigenvalue weighted by molar-refractivity contribution is 6.74. The highest BCUT2D eigenvalue weighted by Crippen LogP contribution is 2.60. The van der Waals surface area contributed by atoms with Crippen LogP contribution in [0.2, 0.25) is 36.3 Å². The lowest BCUT2D eigenvalue weighted by atomic mass is 9.60. The Morgan fingerprint density at radius 2 is 1.51 bits per heavy atom. The van der Waals surface area contributed by atoms with Crippen LogP contribution in [0.25, 0.3) is 0 Å². The topological polar surface area (TPSA) is 18.5 Å². The van der Waals surface area contributed by atoms with Crippen LogP contribution in [0.3, 0.4) is 0 Å². The maximum Gasteiger partial charge on any atom is 0.192 e. The SMILES string of the molecule is C=C1C(=C/C=C2\CCCC3(C)C2CCC3C(C)CCCC(C)C)CC(O[Si](C)(C)C(C)(C)C)CC1O[Si](C)(C)C(C)(C)C. The molecule has 0 radical (unpaired) electrons. The third-order valence-electron chi connectivity index (χ3n) is 12.9. The minimum absolute atomic E-state index is 0.0493. The second kappa shape index (κ2) is 13.7. The zero-order valence-corrected chi connectivity index (χ0v) is 33.2. The van der Waals surface area contributed by atoms with E-state index in [1.165, 1.54) is 62.5 Å². The van der Waals surface area contributed by atoms with Gasteiger partial charge in [0, 0.05) is 6.42 Å². The van der Waals surface area contributed by atoms with Crippen LogP contribution < -0.4 is 0 Å². The smallest absolute Gasteiger partial charge is 0.192 e. The fraction of sp³-hybridized carbons (Fsp3) is 0.846. The first-order valence-electron chi connectivity index (χ1n) is 18.0. The van der Waals surface area contributed by atoms with Crippen LogP contribution in [0.4, 0.5) is 0 Å². The average Bonchev–Trinajstić information content (AvgIpc) is 3.20. The Kier molecular flexibility index (Phi) is 11.8. The highest BCUT2D eigenvalue weighted by Gasteiger charge is 2.50. The molecule has 6 unspecified atom stereocenters. The normalized spacial score (nSPS) is 32.1. The van der Waals surface area contributed by atoms with Crippen LogP contribution in [0, 0.1) is 29.1 Å². The van der Waals surface area contributed by atoms with Gasteiger partial charge in [0.25, 0.3) is 0 Å². The monoisotopic (exact) mass is 629 g/mol. The van der Waals surface area contributed by atoms with E-state index in [0.717, 1.165) is 36.5 Å². The molecule has 3 rings (SSSR count). The van der Waals surface area contributed by atoms with Gasteiger partial charge in [-0.25, -0.2) is 0 Å². The number of fused-ring (bicyclic) bond motifs is 1. The molecular formula is C39H72O2Si2. The molecule has 0 aromatic rings. The zero-order valence-electron chi connectivity index (χ0n) is 31.2. The summed E-state index contributed by atoms with van der Waals surface area (Å²) in [6, 6.07) is 0. The standard InChI is InChI=1S/C39H72O2Si2/c1-28(2)18-16-19-29(3)34-23-24-35-31(20-17-25-39(34,35)11)21-22-32-26-33(40-42(12,13)37(5,6)7)27-36(30(32)4)41-43(14,15)38(8,9)10/h21-22,28-29,33-36H,4,16-20,23-27H2,1-3,5-15H3/b31-21+,32-22?. The van der Waals surface area contributed by atoms with Gasteiger partial charge in [-0.2, -0.15) is 0 Å². The van der Waals surface area contributed by atoms with Crippen molar-refractivity contribution < 1.29 is 8.85 Å². The van der Waals surface area contributed by atoms with E-state index in [-0.39, 0.29) is 22.3 Å². The van der Waals surface area contributed by atoms with Gasteiger partial charge in [0.1, 0.15) is 0 Å². The minimum Gasteiger partial charge on any atom is -0.413 e. The number of hydrogen-bond acceptors (Lipinski definition) is 2. The molecule has 0 amide bonds. The van der Waals surface area contributed by atoms with Gasteiger partial charge in [-0.1, -0.05) is 113 Å².